The van der Waals surface area contributed by atoms with Gasteiger partial charge in [0.25, 0.3) is 0 Å². The average Bonchev–Trinajstić information content (AvgIpc) is 2.88. The maximum Gasteiger partial charge on any atom is 0.179 e. The lowest BCUT2D eigenvalue weighted by Gasteiger charge is -2.34. The molecule has 0 radical (unpaired) electrons. The van der Waals surface area contributed by atoms with E-state index in [1.54, 1.807) is 0 Å². The fourth-order valence-corrected chi connectivity index (χ4v) is 9.36. The highest BCUT2D eigenvalue weighted by Gasteiger charge is 2.41. The highest BCUT2D eigenvalue weighted by Crippen LogP contribution is 2.19. The molecule has 1 aromatic heterocycles. The van der Waals surface area contributed by atoms with Crippen molar-refractivity contribution >= 4 is 28.8 Å². The molecule has 5 aromatic rings. The maximum absolute atomic E-state index is 4.48. The predicted octanol–water partition coefficient (Wildman–Crippen LogP) is 4.43. The van der Waals surface area contributed by atoms with Crippen molar-refractivity contribution in [3.63, 3.8) is 0 Å². The minimum atomic E-state index is -2.45. The first-order valence-electron chi connectivity index (χ1n) is 11.0. The number of nitrogens with zero attached hydrogens (tertiary/aromatic N) is 1. The summed E-state index contributed by atoms with van der Waals surface area (Å²) in [5.74, 6) is 0. The van der Waals surface area contributed by atoms with Gasteiger partial charge in [0.1, 0.15) is 0 Å². The van der Waals surface area contributed by atoms with Crippen molar-refractivity contribution in [2.75, 3.05) is 0 Å². The van der Waals surface area contributed by atoms with E-state index in [0.717, 1.165) is 11.3 Å². The van der Waals surface area contributed by atoms with E-state index in [-0.39, 0.29) is 0 Å². The van der Waals surface area contributed by atoms with Gasteiger partial charge in [-0.3, -0.25) is 4.98 Å². The maximum atomic E-state index is 4.48. The number of aryl methyl sites for hydroxylation is 1. The van der Waals surface area contributed by atoms with E-state index in [1.807, 2.05) is 13.1 Å². The van der Waals surface area contributed by atoms with Crippen LogP contribution in [-0.4, -0.2) is 13.1 Å². The van der Waals surface area contributed by atoms with Crippen molar-refractivity contribution in [2.45, 2.75) is 6.92 Å². The summed E-state index contributed by atoms with van der Waals surface area (Å²) in [5.41, 5.74) is 3.38. The molecule has 0 aliphatic rings. The van der Waals surface area contributed by atoms with E-state index in [4.69, 9.17) is 0 Å². The van der Waals surface area contributed by atoms with Gasteiger partial charge in [-0.2, -0.15) is 0 Å². The standard InChI is InChI=1S/C30H25NSi/c1-24-17-18-26(23-31-24)25-19-21-30(22-20-25)32(27-11-5-2-6-12-27,28-13-7-3-8-14-28)29-15-9-4-10-16-29/h2-23H,1H3. The van der Waals surface area contributed by atoms with Crippen molar-refractivity contribution in [1.82, 2.24) is 4.98 Å². The lowest BCUT2D eigenvalue weighted by atomic mass is 10.1. The van der Waals surface area contributed by atoms with Crippen LogP contribution in [-0.2, 0) is 0 Å². The summed E-state index contributed by atoms with van der Waals surface area (Å²) in [6.07, 6.45) is 1.96. The Morgan fingerprint density at radius 2 is 0.844 bits per heavy atom. The second-order valence-electron chi connectivity index (χ2n) is 8.11. The van der Waals surface area contributed by atoms with Crippen molar-refractivity contribution in [1.29, 1.82) is 0 Å². The number of benzene rings is 4. The van der Waals surface area contributed by atoms with Gasteiger partial charge in [0.15, 0.2) is 8.07 Å². The molecule has 0 saturated heterocycles. The SMILES string of the molecule is Cc1ccc(-c2ccc([Si](c3ccccc3)(c3ccccc3)c3ccccc3)cc2)cn1. The number of rotatable bonds is 5. The summed E-state index contributed by atoms with van der Waals surface area (Å²) in [6, 6.07) is 46.4. The Bertz CT molecular complexity index is 1180. The summed E-state index contributed by atoms with van der Waals surface area (Å²) in [7, 11) is -2.45. The van der Waals surface area contributed by atoms with Crippen LogP contribution >= 0.6 is 0 Å². The molecule has 0 atom stereocenters. The second kappa shape index (κ2) is 8.78. The number of hydrogen-bond donors (Lipinski definition) is 0. The molecule has 0 bridgehead atoms. The predicted molar refractivity (Wildman–Crippen MR) is 138 cm³/mol. The fraction of sp³-hybridized carbons (Fsp3) is 0.0333. The molecule has 32 heavy (non-hydrogen) atoms. The molecule has 154 valence electrons. The van der Waals surface area contributed by atoms with Crippen LogP contribution in [0.25, 0.3) is 11.1 Å². The van der Waals surface area contributed by atoms with Crippen LogP contribution in [0, 0.1) is 6.92 Å². The summed E-state index contributed by atoms with van der Waals surface area (Å²) in [4.78, 5) is 4.48. The molecule has 0 amide bonds. The molecule has 0 aliphatic heterocycles. The zero-order valence-electron chi connectivity index (χ0n) is 18.1. The Morgan fingerprint density at radius 1 is 0.438 bits per heavy atom. The first kappa shape index (κ1) is 20.2. The lowest BCUT2D eigenvalue weighted by molar-refractivity contribution is 1.20. The van der Waals surface area contributed by atoms with Crippen LogP contribution in [0.2, 0.25) is 0 Å². The van der Waals surface area contributed by atoms with E-state index in [1.165, 1.54) is 26.3 Å². The fourth-order valence-electron chi connectivity index (χ4n) is 4.62. The molecule has 0 spiro atoms. The molecular formula is C30H25NSi. The van der Waals surface area contributed by atoms with Crippen LogP contribution in [0.4, 0.5) is 0 Å². The summed E-state index contributed by atoms with van der Waals surface area (Å²) in [5, 5.41) is 5.55. The van der Waals surface area contributed by atoms with Gasteiger partial charge in [-0.15, -0.1) is 0 Å². The Morgan fingerprint density at radius 3 is 1.25 bits per heavy atom. The zero-order valence-corrected chi connectivity index (χ0v) is 19.1. The largest absolute Gasteiger partial charge is 0.261 e. The number of hydrogen-bond acceptors (Lipinski definition) is 1. The van der Waals surface area contributed by atoms with Crippen LogP contribution in [0.1, 0.15) is 5.69 Å². The van der Waals surface area contributed by atoms with Crippen molar-refractivity contribution in [3.05, 3.63) is 139 Å². The minimum absolute atomic E-state index is 1.04. The van der Waals surface area contributed by atoms with Gasteiger partial charge >= 0.3 is 0 Å². The lowest BCUT2D eigenvalue weighted by Crippen LogP contribution is -2.74. The third-order valence-corrected chi connectivity index (χ3v) is 11.0. The van der Waals surface area contributed by atoms with E-state index < -0.39 is 8.07 Å². The first-order valence-corrected chi connectivity index (χ1v) is 13.0. The molecule has 0 fully saturated rings. The van der Waals surface area contributed by atoms with E-state index in [9.17, 15) is 0 Å². The van der Waals surface area contributed by atoms with E-state index in [2.05, 4.69) is 132 Å². The smallest absolute Gasteiger partial charge is 0.179 e. The zero-order chi connectivity index (χ0) is 21.8. The van der Waals surface area contributed by atoms with Gasteiger partial charge in [0.05, 0.1) is 0 Å². The molecule has 4 aromatic carbocycles. The van der Waals surface area contributed by atoms with Gasteiger partial charge in [0.2, 0.25) is 0 Å². The van der Waals surface area contributed by atoms with Crippen LogP contribution in [0.5, 0.6) is 0 Å². The molecule has 0 N–H and O–H groups in total. The van der Waals surface area contributed by atoms with Gasteiger partial charge in [-0.25, -0.2) is 0 Å². The molecule has 1 nitrogen and oxygen atoms in total. The molecule has 0 unspecified atom stereocenters. The first-order chi connectivity index (χ1) is 15.8. The molecule has 1 heterocycles. The number of aromatic nitrogens is 1. The van der Waals surface area contributed by atoms with Crippen molar-refractivity contribution < 1.29 is 0 Å². The third kappa shape index (κ3) is 3.59. The van der Waals surface area contributed by atoms with Crippen LogP contribution in [0.3, 0.4) is 0 Å². The van der Waals surface area contributed by atoms with Gasteiger partial charge in [-0.05, 0) is 39.3 Å². The quantitative estimate of drug-likeness (QED) is 0.299. The minimum Gasteiger partial charge on any atom is -0.261 e. The Balaban J connectivity index is 1.76. The third-order valence-electron chi connectivity index (χ3n) is 6.18. The Labute approximate surface area is 191 Å². The van der Waals surface area contributed by atoms with Crippen molar-refractivity contribution in [2.24, 2.45) is 0 Å². The summed E-state index contributed by atoms with van der Waals surface area (Å²) < 4.78 is 0. The molecular weight excluding hydrogens is 402 g/mol. The topological polar surface area (TPSA) is 12.9 Å². The second-order valence-corrected chi connectivity index (χ2v) is 11.9. The van der Waals surface area contributed by atoms with Crippen LogP contribution in [0.15, 0.2) is 134 Å². The van der Waals surface area contributed by atoms with E-state index in [0.29, 0.717) is 0 Å². The highest BCUT2D eigenvalue weighted by molar-refractivity contribution is 7.19. The number of pyridine rings is 1. The molecule has 0 saturated carbocycles. The van der Waals surface area contributed by atoms with Gasteiger partial charge < -0.3 is 0 Å². The van der Waals surface area contributed by atoms with Crippen LogP contribution < -0.4 is 20.7 Å². The van der Waals surface area contributed by atoms with E-state index >= 15 is 0 Å². The molecule has 5 rings (SSSR count). The Kier molecular flexibility index (Phi) is 5.53. The monoisotopic (exact) mass is 427 g/mol. The average molecular weight is 428 g/mol. The summed E-state index contributed by atoms with van der Waals surface area (Å²) >= 11 is 0. The normalized spacial score (nSPS) is 11.3. The molecule has 2 heteroatoms. The van der Waals surface area contributed by atoms with Gasteiger partial charge in [-0.1, -0.05) is 121 Å². The highest BCUT2D eigenvalue weighted by atomic mass is 28.3. The summed E-state index contributed by atoms with van der Waals surface area (Å²) in [6.45, 7) is 2.02. The molecule has 0 aliphatic carbocycles. The van der Waals surface area contributed by atoms with Crippen molar-refractivity contribution in [3.8, 4) is 11.1 Å². The van der Waals surface area contributed by atoms with Gasteiger partial charge in [0, 0.05) is 17.5 Å². The Hall–Kier alpha value is -3.75.